The van der Waals surface area contributed by atoms with Crippen LogP contribution in [0.1, 0.15) is 25.7 Å². The molecule has 0 atom stereocenters. The third-order valence-corrected chi connectivity index (χ3v) is 2.45. The van der Waals surface area contributed by atoms with Crippen molar-refractivity contribution in [3.8, 4) is 5.75 Å². The van der Waals surface area contributed by atoms with Crippen molar-refractivity contribution in [1.82, 2.24) is 0 Å². The highest BCUT2D eigenvalue weighted by molar-refractivity contribution is 5.46. The number of azide groups is 1. The summed E-state index contributed by atoms with van der Waals surface area (Å²) in [7, 11) is 0. The second-order valence-electron chi connectivity index (χ2n) is 3.82. The van der Waals surface area contributed by atoms with Crippen molar-refractivity contribution in [2.24, 2.45) is 5.11 Å². The van der Waals surface area contributed by atoms with Crippen LogP contribution < -0.4 is 4.74 Å². The van der Waals surface area contributed by atoms with Gasteiger partial charge in [-0.25, -0.2) is 4.85 Å². The van der Waals surface area contributed by atoms with Crippen molar-refractivity contribution < 1.29 is 4.74 Å². The molecule has 5 nitrogen and oxygen atoms in total. The quantitative estimate of drug-likeness (QED) is 0.218. The number of rotatable bonds is 8. The van der Waals surface area contributed by atoms with Gasteiger partial charge >= 0.3 is 0 Å². The molecule has 0 N–H and O–H groups in total. The zero-order valence-electron chi connectivity index (χ0n) is 10.2. The Morgan fingerprint density at radius 1 is 1.11 bits per heavy atom. The van der Waals surface area contributed by atoms with Gasteiger partial charge < -0.3 is 4.74 Å². The Morgan fingerprint density at radius 2 is 1.83 bits per heavy atom. The number of nitrogens with zero attached hydrogens (tertiary/aromatic N) is 4. The number of benzene rings is 1. The van der Waals surface area contributed by atoms with E-state index in [1.807, 2.05) is 12.1 Å². The molecule has 1 rings (SSSR count). The summed E-state index contributed by atoms with van der Waals surface area (Å²) in [4.78, 5) is 6.02. The van der Waals surface area contributed by atoms with Crippen molar-refractivity contribution >= 4 is 5.69 Å². The number of unbranched alkanes of at least 4 members (excludes halogenated alkanes) is 3. The molecule has 0 spiro atoms. The van der Waals surface area contributed by atoms with Crippen LogP contribution in [0.2, 0.25) is 0 Å². The molecule has 0 bridgehead atoms. The summed E-state index contributed by atoms with van der Waals surface area (Å²) >= 11 is 0. The average Bonchev–Trinajstić information content (AvgIpc) is 2.42. The average molecular weight is 244 g/mol. The minimum atomic E-state index is 0.579. The van der Waals surface area contributed by atoms with Gasteiger partial charge in [0.15, 0.2) is 5.69 Å². The normalized spacial score (nSPS) is 9.28. The zero-order valence-corrected chi connectivity index (χ0v) is 10.2. The van der Waals surface area contributed by atoms with E-state index in [9.17, 15) is 0 Å². The first-order valence-electron chi connectivity index (χ1n) is 5.98. The van der Waals surface area contributed by atoms with Crippen LogP contribution in [-0.2, 0) is 0 Å². The van der Waals surface area contributed by atoms with Gasteiger partial charge in [-0.1, -0.05) is 30.1 Å². The van der Waals surface area contributed by atoms with Gasteiger partial charge in [0.1, 0.15) is 5.75 Å². The third kappa shape index (κ3) is 5.78. The maximum Gasteiger partial charge on any atom is 0.187 e. The van der Waals surface area contributed by atoms with Gasteiger partial charge in [-0.3, -0.25) is 0 Å². The van der Waals surface area contributed by atoms with E-state index in [0.717, 1.165) is 31.4 Å². The second kappa shape index (κ2) is 8.91. The Balaban J connectivity index is 2.07. The maximum absolute atomic E-state index is 8.09. The van der Waals surface area contributed by atoms with E-state index in [4.69, 9.17) is 16.8 Å². The van der Waals surface area contributed by atoms with Crippen molar-refractivity contribution in [1.29, 1.82) is 0 Å². The molecule has 0 amide bonds. The van der Waals surface area contributed by atoms with Crippen LogP contribution in [0.15, 0.2) is 29.4 Å². The van der Waals surface area contributed by atoms with E-state index in [1.54, 1.807) is 12.1 Å². The molecule has 5 heteroatoms. The maximum atomic E-state index is 8.09. The lowest BCUT2D eigenvalue weighted by Gasteiger charge is -2.05. The van der Waals surface area contributed by atoms with Crippen LogP contribution in [0.3, 0.4) is 0 Å². The number of hydrogen-bond acceptors (Lipinski definition) is 2. The lowest BCUT2D eigenvalue weighted by atomic mass is 10.2. The molecule has 1 aromatic rings. The summed E-state index contributed by atoms with van der Waals surface area (Å²) < 4.78 is 5.55. The molecule has 18 heavy (non-hydrogen) atoms. The molecular weight excluding hydrogens is 228 g/mol. The fourth-order valence-electron chi connectivity index (χ4n) is 1.49. The largest absolute Gasteiger partial charge is 0.494 e. The fraction of sp³-hybridized carbons (Fsp3) is 0.462. The van der Waals surface area contributed by atoms with E-state index in [2.05, 4.69) is 14.9 Å². The topological polar surface area (TPSA) is 62.3 Å². The Labute approximate surface area is 107 Å². The van der Waals surface area contributed by atoms with E-state index in [-0.39, 0.29) is 0 Å². The van der Waals surface area contributed by atoms with Gasteiger partial charge in [0, 0.05) is 11.5 Å². The molecule has 0 saturated heterocycles. The van der Waals surface area contributed by atoms with Gasteiger partial charge in [0.25, 0.3) is 0 Å². The van der Waals surface area contributed by atoms with E-state index in [1.165, 1.54) is 0 Å². The lowest BCUT2D eigenvalue weighted by Crippen LogP contribution is -1.97. The standard InChI is InChI=1S/C13H16N4O/c1-15-12-6-8-13(9-7-12)18-11-5-3-2-4-10-16-17-14/h6-9H,2-5,10-11H2. The van der Waals surface area contributed by atoms with Gasteiger partial charge in [-0.15, -0.1) is 0 Å². The molecule has 0 fully saturated rings. The van der Waals surface area contributed by atoms with Gasteiger partial charge in [-0.05, 0) is 30.5 Å². The minimum Gasteiger partial charge on any atom is -0.494 e. The molecule has 94 valence electrons. The summed E-state index contributed by atoms with van der Waals surface area (Å²) in [6, 6.07) is 7.13. The van der Waals surface area contributed by atoms with Crippen LogP contribution in [0.5, 0.6) is 5.75 Å². The van der Waals surface area contributed by atoms with E-state index in [0.29, 0.717) is 18.8 Å². The predicted octanol–water partition coefficient (Wildman–Crippen LogP) is 4.49. The second-order valence-corrected chi connectivity index (χ2v) is 3.82. The number of hydrogen-bond donors (Lipinski definition) is 0. The molecule has 0 saturated carbocycles. The predicted molar refractivity (Wildman–Crippen MR) is 70.7 cm³/mol. The molecule has 1 aromatic carbocycles. The highest BCUT2D eigenvalue weighted by atomic mass is 16.5. The fourth-order valence-corrected chi connectivity index (χ4v) is 1.49. The number of ether oxygens (including phenoxy) is 1. The first-order valence-corrected chi connectivity index (χ1v) is 5.98. The Bertz CT molecular complexity index is 429. The van der Waals surface area contributed by atoms with Gasteiger partial charge in [0.05, 0.1) is 13.2 Å². The minimum absolute atomic E-state index is 0.579. The van der Waals surface area contributed by atoms with Crippen LogP contribution in [0.25, 0.3) is 15.3 Å². The molecular formula is C13H16N4O. The Kier molecular flexibility index (Phi) is 6.87. The molecule has 0 aromatic heterocycles. The summed E-state index contributed by atoms with van der Waals surface area (Å²) in [5.41, 5.74) is 8.72. The first-order chi connectivity index (χ1) is 8.86. The third-order valence-electron chi connectivity index (χ3n) is 2.45. The Morgan fingerprint density at radius 3 is 2.50 bits per heavy atom. The van der Waals surface area contributed by atoms with Crippen LogP contribution in [0.4, 0.5) is 5.69 Å². The molecule has 0 unspecified atom stereocenters. The van der Waals surface area contributed by atoms with Crippen molar-refractivity contribution in [3.63, 3.8) is 0 Å². The van der Waals surface area contributed by atoms with Crippen molar-refractivity contribution in [3.05, 3.63) is 46.1 Å². The first kappa shape index (κ1) is 13.9. The van der Waals surface area contributed by atoms with Gasteiger partial charge in [0.2, 0.25) is 0 Å². The highest BCUT2D eigenvalue weighted by Crippen LogP contribution is 2.18. The molecule has 0 aliphatic heterocycles. The van der Waals surface area contributed by atoms with E-state index < -0.39 is 0 Å². The van der Waals surface area contributed by atoms with Crippen molar-refractivity contribution in [2.75, 3.05) is 13.2 Å². The SMILES string of the molecule is [C-]#[N+]c1ccc(OCCCCCCN=[N+]=[N-])cc1. The zero-order chi connectivity index (χ0) is 13.1. The van der Waals surface area contributed by atoms with Crippen LogP contribution in [-0.4, -0.2) is 13.2 Å². The smallest absolute Gasteiger partial charge is 0.187 e. The van der Waals surface area contributed by atoms with Crippen LogP contribution in [0, 0.1) is 6.57 Å². The molecule has 0 heterocycles. The highest BCUT2D eigenvalue weighted by Gasteiger charge is 1.95. The molecule has 0 aliphatic carbocycles. The summed E-state index contributed by atoms with van der Waals surface area (Å²) in [6.07, 6.45) is 4.05. The van der Waals surface area contributed by atoms with E-state index >= 15 is 0 Å². The summed E-state index contributed by atoms with van der Waals surface area (Å²) in [5.74, 6) is 0.802. The summed E-state index contributed by atoms with van der Waals surface area (Å²) in [6.45, 7) is 8.09. The van der Waals surface area contributed by atoms with Crippen LogP contribution >= 0.6 is 0 Å². The molecule has 0 aliphatic rings. The summed E-state index contributed by atoms with van der Waals surface area (Å²) in [5, 5.41) is 3.48. The van der Waals surface area contributed by atoms with Crippen molar-refractivity contribution in [2.45, 2.75) is 25.7 Å². The lowest BCUT2D eigenvalue weighted by molar-refractivity contribution is 0.305. The monoisotopic (exact) mass is 244 g/mol. The van der Waals surface area contributed by atoms with Gasteiger partial charge in [-0.2, -0.15) is 0 Å². The molecule has 0 radical (unpaired) electrons. The Hall–Kier alpha value is -2.18.